The van der Waals surface area contributed by atoms with E-state index < -0.39 is 0 Å². The Hall–Kier alpha value is -0.540. The van der Waals surface area contributed by atoms with Crippen LogP contribution in [0, 0.1) is 5.92 Å². The molecule has 0 radical (unpaired) electrons. The van der Waals surface area contributed by atoms with E-state index in [0.29, 0.717) is 5.92 Å². The maximum Gasteiger partial charge on any atom is 0.0425 e. The molecule has 0 atom stereocenters. The zero-order chi connectivity index (χ0) is 13.8. The van der Waals surface area contributed by atoms with Gasteiger partial charge in [-0.05, 0) is 49.9 Å². The van der Waals surface area contributed by atoms with Gasteiger partial charge in [-0.25, -0.2) is 0 Å². The third kappa shape index (κ3) is 4.22. The third-order valence-corrected chi connectivity index (χ3v) is 4.05. The summed E-state index contributed by atoms with van der Waals surface area (Å²) in [5.74, 6) is 0.699. The zero-order valence-electron chi connectivity index (χ0n) is 12.2. The molecule has 1 aromatic carbocycles. The fourth-order valence-corrected chi connectivity index (χ4v) is 2.81. The molecule has 1 aliphatic rings. The lowest BCUT2D eigenvalue weighted by Gasteiger charge is -2.26. The summed E-state index contributed by atoms with van der Waals surface area (Å²) < 4.78 is 1.18. The van der Waals surface area contributed by atoms with Crippen molar-refractivity contribution in [2.75, 3.05) is 18.0 Å². The molecule has 0 heterocycles. The topological polar surface area (TPSA) is 15.3 Å². The van der Waals surface area contributed by atoms with E-state index in [1.165, 1.54) is 28.6 Å². The summed E-state index contributed by atoms with van der Waals surface area (Å²) in [5.41, 5.74) is 2.81. The predicted molar refractivity (Wildman–Crippen MR) is 86.7 cm³/mol. The van der Waals surface area contributed by atoms with Gasteiger partial charge in [0.25, 0.3) is 0 Å². The molecule has 1 saturated carbocycles. The highest BCUT2D eigenvalue weighted by molar-refractivity contribution is 9.10. The molecule has 1 aromatic rings. The second-order valence-electron chi connectivity index (χ2n) is 5.81. The van der Waals surface area contributed by atoms with Gasteiger partial charge < -0.3 is 10.2 Å². The first-order chi connectivity index (χ1) is 9.11. The van der Waals surface area contributed by atoms with E-state index in [1.54, 1.807) is 0 Å². The van der Waals surface area contributed by atoms with Crippen LogP contribution in [0.1, 0.15) is 39.2 Å². The number of halogens is 1. The number of rotatable bonds is 7. The van der Waals surface area contributed by atoms with Crippen molar-refractivity contribution in [2.24, 2.45) is 5.92 Å². The maximum absolute atomic E-state index is 3.61. The minimum absolute atomic E-state index is 0.699. The highest BCUT2D eigenvalue weighted by atomic mass is 79.9. The number of anilines is 1. The molecular formula is C16H25BrN2. The van der Waals surface area contributed by atoms with Gasteiger partial charge in [0.15, 0.2) is 0 Å². The highest BCUT2D eigenvalue weighted by Gasteiger charge is 2.29. The Morgan fingerprint density at radius 3 is 2.68 bits per heavy atom. The highest BCUT2D eigenvalue weighted by Crippen LogP contribution is 2.34. The fourth-order valence-electron chi connectivity index (χ4n) is 2.46. The number of nitrogens with one attached hydrogen (secondary N) is 1. The molecule has 0 bridgehead atoms. The van der Waals surface area contributed by atoms with Crippen molar-refractivity contribution in [2.45, 2.75) is 46.2 Å². The molecule has 19 heavy (non-hydrogen) atoms. The Morgan fingerprint density at radius 1 is 1.37 bits per heavy atom. The molecule has 0 amide bonds. The molecule has 2 nitrogen and oxygen atoms in total. The Morgan fingerprint density at radius 2 is 2.11 bits per heavy atom. The molecule has 106 valence electrons. The van der Waals surface area contributed by atoms with Gasteiger partial charge in [0.2, 0.25) is 0 Å². The van der Waals surface area contributed by atoms with Crippen LogP contribution in [0.25, 0.3) is 0 Å². The Labute approximate surface area is 125 Å². The largest absolute Gasteiger partial charge is 0.369 e. The molecule has 0 aromatic heterocycles. The molecule has 1 N–H and O–H groups in total. The van der Waals surface area contributed by atoms with E-state index >= 15 is 0 Å². The molecular weight excluding hydrogens is 300 g/mol. The average Bonchev–Trinajstić information content (AvgIpc) is 3.17. The number of benzene rings is 1. The molecule has 2 rings (SSSR count). The molecule has 1 fully saturated rings. The molecule has 0 unspecified atom stereocenters. The van der Waals surface area contributed by atoms with E-state index in [4.69, 9.17) is 0 Å². The van der Waals surface area contributed by atoms with Gasteiger partial charge >= 0.3 is 0 Å². The average molecular weight is 325 g/mol. The normalized spacial score (nSPS) is 15.0. The van der Waals surface area contributed by atoms with E-state index in [0.717, 1.165) is 25.7 Å². The van der Waals surface area contributed by atoms with Crippen molar-refractivity contribution in [1.29, 1.82) is 0 Å². The lowest BCUT2D eigenvalue weighted by molar-refractivity contribution is 0.552. The first kappa shape index (κ1) is 14.9. The van der Waals surface area contributed by atoms with Crippen molar-refractivity contribution in [3.63, 3.8) is 0 Å². The smallest absolute Gasteiger partial charge is 0.0425 e. The Balaban J connectivity index is 2.12. The third-order valence-electron chi connectivity index (χ3n) is 3.55. The first-order valence-electron chi connectivity index (χ1n) is 7.37. The summed E-state index contributed by atoms with van der Waals surface area (Å²) in [6.07, 6.45) is 2.69. The fraction of sp³-hybridized carbons (Fsp3) is 0.625. The van der Waals surface area contributed by atoms with E-state index in [-0.39, 0.29) is 0 Å². The van der Waals surface area contributed by atoms with Gasteiger partial charge in [-0.2, -0.15) is 0 Å². The van der Waals surface area contributed by atoms with Gasteiger partial charge in [-0.1, -0.05) is 35.8 Å². The van der Waals surface area contributed by atoms with Crippen molar-refractivity contribution in [3.05, 3.63) is 28.2 Å². The summed E-state index contributed by atoms with van der Waals surface area (Å²) in [7, 11) is 0. The number of nitrogens with zero attached hydrogens (tertiary/aromatic N) is 1. The van der Waals surface area contributed by atoms with Gasteiger partial charge in [-0.15, -0.1) is 0 Å². The quantitative estimate of drug-likeness (QED) is 0.809. The second-order valence-corrected chi connectivity index (χ2v) is 6.73. The molecule has 0 saturated heterocycles. The Kier molecular flexibility index (Phi) is 5.28. The zero-order valence-corrected chi connectivity index (χ0v) is 13.8. The molecule has 1 aliphatic carbocycles. The lowest BCUT2D eigenvalue weighted by atomic mass is 10.1. The van der Waals surface area contributed by atoms with E-state index in [9.17, 15) is 0 Å². The predicted octanol–water partition coefficient (Wildman–Crippen LogP) is 4.18. The van der Waals surface area contributed by atoms with Crippen LogP contribution >= 0.6 is 15.9 Å². The standard InChI is InChI=1S/C16H25BrN2/c1-4-19(15-7-8-15)16-9-14(17)6-5-13(16)11-18-10-12(2)3/h5-6,9,12,15,18H,4,7-8,10-11H2,1-3H3. The molecule has 0 aliphatic heterocycles. The Bertz CT molecular complexity index is 413. The van der Waals surface area contributed by atoms with Crippen molar-refractivity contribution in [1.82, 2.24) is 5.32 Å². The van der Waals surface area contributed by atoms with Crippen LogP contribution in [-0.2, 0) is 6.54 Å². The summed E-state index contributed by atoms with van der Waals surface area (Å²) in [4.78, 5) is 2.55. The molecule has 0 spiro atoms. The molecule has 3 heteroatoms. The minimum Gasteiger partial charge on any atom is -0.369 e. The SMILES string of the molecule is CCN(c1cc(Br)ccc1CNCC(C)C)C1CC1. The van der Waals surface area contributed by atoms with Gasteiger partial charge in [0.1, 0.15) is 0 Å². The van der Waals surface area contributed by atoms with Gasteiger partial charge in [0.05, 0.1) is 0 Å². The van der Waals surface area contributed by atoms with Crippen LogP contribution in [0.15, 0.2) is 22.7 Å². The lowest BCUT2D eigenvalue weighted by Crippen LogP contribution is -2.27. The number of hydrogen-bond donors (Lipinski definition) is 1. The van der Waals surface area contributed by atoms with E-state index in [2.05, 4.69) is 65.1 Å². The van der Waals surface area contributed by atoms with Crippen LogP contribution in [-0.4, -0.2) is 19.1 Å². The summed E-state index contributed by atoms with van der Waals surface area (Å²) >= 11 is 3.61. The minimum atomic E-state index is 0.699. The summed E-state index contributed by atoms with van der Waals surface area (Å²) in [6, 6.07) is 7.44. The van der Waals surface area contributed by atoms with Gasteiger partial charge in [0, 0.05) is 29.3 Å². The second kappa shape index (κ2) is 6.76. The monoisotopic (exact) mass is 324 g/mol. The van der Waals surface area contributed by atoms with Gasteiger partial charge in [-0.3, -0.25) is 0 Å². The van der Waals surface area contributed by atoms with Crippen molar-refractivity contribution < 1.29 is 0 Å². The van der Waals surface area contributed by atoms with Crippen molar-refractivity contribution >= 4 is 21.6 Å². The van der Waals surface area contributed by atoms with Crippen LogP contribution in [0.5, 0.6) is 0 Å². The van der Waals surface area contributed by atoms with Crippen LogP contribution < -0.4 is 10.2 Å². The van der Waals surface area contributed by atoms with E-state index in [1.807, 2.05) is 0 Å². The summed E-state index contributed by atoms with van der Waals surface area (Å²) in [5, 5.41) is 3.56. The summed E-state index contributed by atoms with van der Waals surface area (Å²) in [6.45, 7) is 9.88. The number of hydrogen-bond acceptors (Lipinski definition) is 2. The van der Waals surface area contributed by atoms with Crippen LogP contribution in [0.2, 0.25) is 0 Å². The first-order valence-corrected chi connectivity index (χ1v) is 8.17. The van der Waals surface area contributed by atoms with Crippen LogP contribution in [0.3, 0.4) is 0 Å². The van der Waals surface area contributed by atoms with Crippen LogP contribution in [0.4, 0.5) is 5.69 Å². The van der Waals surface area contributed by atoms with Crippen molar-refractivity contribution in [3.8, 4) is 0 Å². The maximum atomic E-state index is 3.61.